The Morgan fingerprint density at radius 3 is 1.15 bits per heavy atom. The molecule has 2 aromatic rings. The maximum absolute atomic E-state index is 4.96. The van der Waals surface area contributed by atoms with Crippen LogP contribution in [-0.2, 0) is 41.7 Å². The average Bonchev–Trinajstić information content (AvgIpc) is 2.98. The van der Waals surface area contributed by atoms with E-state index in [1.54, 1.807) is 12.4 Å². The van der Waals surface area contributed by atoms with Gasteiger partial charge < -0.3 is 35.1 Å². The maximum Gasteiger partial charge on any atom is 2.00 e. The number of hydrogen-bond acceptors (Lipinski definition) is 10. The molecule has 0 spiro atoms. The largest absolute Gasteiger partial charge is 2.00 e. The zero-order chi connectivity index (χ0) is 29.6. The van der Waals surface area contributed by atoms with Gasteiger partial charge >= 0.3 is 16.5 Å². The molecule has 228 valence electrons. The van der Waals surface area contributed by atoms with Gasteiger partial charge in [-0.1, -0.05) is 52.0 Å². The van der Waals surface area contributed by atoms with Crippen LogP contribution in [-0.4, -0.2) is 59.9 Å². The third-order valence-electron chi connectivity index (χ3n) is 5.53. The van der Waals surface area contributed by atoms with Crippen LogP contribution in [0, 0.1) is 0 Å². The van der Waals surface area contributed by atoms with E-state index in [4.69, 9.17) is 25.3 Å². The van der Waals surface area contributed by atoms with Crippen molar-refractivity contribution in [1.82, 2.24) is 0 Å². The summed E-state index contributed by atoms with van der Waals surface area (Å²) in [5.74, 6) is 0. The van der Waals surface area contributed by atoms with Gasteiger partial charge in [-0.05, 0) is 82.3 Å². The van der Waals surface area contributed by atoms with Crippen molar-refractivity contribution in [3.05, 3.63) is 59.7 Å². The molecule has 0 saturated carbocycles. The first kappa shape index (κ1) is 39.4. The molecule has 0 aliphatic carbocycles. The van der Waals surface area contributed by atoms with E-state index < -0.39 is 0 Å². The van der Waals surface area contributed by atoms with E-state index in [-0.39, 0.29) is 16.5 Å². The van der Waals surface area contributed by atoms with E-state index in [1.807, 2.05) is 12.5 Å². The number of hydrogen-bond donors (Lipinski definition) is 0. The summed E-state index contributed by atoms with van der Waals surface area (Å²) < 4.78 is 1.10. The van der Waals surface area contributed by atoms with Gasteiger partial charge in [0.2, 0.25) is 0 Å². The monoisotopic (exact) mass is 674 g/mol. The van der Waals surface area contributed by atoms with Gasteiger partial charge in [-0.2, -0.15) is 20.4 Å². The number of anilines is 2. The fraction of sp³-hybridized carbons (Fsp3) is 0.467. The van der Waals surface area contributed by atoms with Crippen LogP contribution in [0.5, 0.6) is 0 Å². The Bertz CT molecular complexity index is 962. The SMILES string of the molecule is CCCN(CCC)c1ccc(C=NN=C([S-])SC)cc1.CCCN(CCC)c1ccc(C=NN=C([S-])SC)cc1.[Ni+2]. The summed E-state index contributed by atoms with van der Waals surface area (Å²) >= 11 is 12.8. The molecule has 2 rings (SSSR count). The first-order valence-electron chi connectivity index (χ1n) is 13.8. The van der Waals surface area contributed by atoms with Crippen LogP contribution in [0.4, 0.5) is 11.4 Å². The second-order valence-corrected chi connectivity index (χ2v) is 11.7. The topological polar surface area (TPSA) is 55.9 Å². The van der Waals surface area contributed by atoms with Crippen molar-refractivity contribution in [2.24, 2.45) is 20.4 Å². The summed E-state index contributed by atoms with van der Waals surface area (Å²) in [6.07, 6.45) is 11.9. The van der Waals surface area contributed by atoms with Gasteiger partial charge in [0.25, 0.3) is 0 Å². The fourth-order valence-electron chi connectivity index (χ4n) is 3.73. The second-order valence-electron chi connectivity index (χ2n) is 8.79. The van der Waals surface area contributed by atoms with Crippen molar-refractivity contribution < 1.29 is 16.5 Å². The Balaban J connectivity index is 0.000000762. The molecular weight excluding hydrogens is 631 g/mol. The van der Waals surface area contributed by atoms with Crippen molar-refractivity contribution in [3.63, 3.8) is 0 Å². The standard InChI is InChI=1S/2C15H23N3S2.Ni/c2*1-4-10-18(11-5-2)14-8-6-13(7-9-14)12-16-17-15(19)20-3;/h2*6-9,12H,4-5,10-11H2,1-3H3,(H,17,19);/q;;+2/p-2. The van der Waals surface area contributed by atoms with Gasteiger partial charge in [0.15, 0.2) is 0 Å². The van der Waals surface area contributed by atoms with E-state index in [0.717, 1.165) is 63.0 Å². The van der Waals surface area contributed by atoms with Crippen molar-refractivity contribution >= 4 is 81.3 Å². The van der Waals surface area contributed by atoms with E-state index >= 15 is 0 Å². The molecule has 0 aliphatic rings. The smallest absolute Gasteiger partial charge is 0.752 e. The molecular formula is C30H44N6NiS4. The van der Waals surface area contributed by atoms with Gasteiger partial charge in [0.05, 0.1) is 12.4 Å². The Kier molecular flexibility index (Phi) is 23.9. The van der Waals surface area contributed by atoms with Crippen LogP contribution < -0.4 is 9.80 Å². The van der Waals surface area contributed by atoms with Crippen LogP contribution in [0.3, 0.4) is 0 Å². The normalized spacial score (nSPS) is 11.8. The molecule has 0 heterocycles. The zero-order valence-corrected chi connectivity index (χ0v) is 29.3. The molecule has 41 heavy (non-hydrogen) atoms. The summed E-state index contributed by atoms with van der Waals surface area (Å²) in [5, 5.41) is 15.8. The van der Waals surface area contributed by atoms with Crippen LogP contribution in [0.1, 0.15) is 64.5 Å². The summed E-state index contributed by atoms with van der Waals surface area (Å²) in [4.78, 5) is 4.82. The molecule has 6 nitrogen and oxygen atoms in total. The van der Waals surface area contributed by atoms with Crippen molar-refractivity contribution in [2.75, 3.05) is 48.5 Å². The van der Waals surface area contributed by atoms with Crippen LogP contribution >= 0.6 is 23.5 Å². The van der Waals surface area contributed by atoms with Crippen LogP contribution in [0.25, 0.3) is 0 Å². The molecule has 0 radical (unpaired) electrons. The molecule has 2 aromatic carbocycles. The van der Waals surface area contributed by atoms with Crippen molar-refractivity contribution in [2.45, 2.75) is 53.4 Å². The molecule has 0 bridgehead atoms. The van der Waals surface area contributed by atoms with Gasteiger partial charge in [0, 0.05) is 37.6 Å². The van der Waals surface area contributed by atoms with Gasteiger partial charge in [-0.3, -0.25) is 0 Å². The fourth-order valence-corrected chi connectivity index (χ4v) is 4.08. The molecule has 0 aliphatic heterocycles. The number of nitrogens with zero attached hydrogens (tertiary/aromatic N) is 6. The molecule has 0 amide bonds. The minimum Gasteiger partial charge on any atom is -0.752 e. The number of thioether (sulfide) groups is 2. The predicted molar refractivity (Wildman–Crippen MR) is 190 cm³/mol. The second kappa shape index (κ2) is 24.9. The molecule has 0 aromatic heterocycles. The predicted octanol–water partition coefficient (Wildman–Crippen LogP) is 7.82. The molecule has 0 N–H and O–H groups in total. The van der Waals surface area contributed by atoms with E-state index in [1.165, 1.54) is 34.9 Å². The van der Waals surface area contributed by atoms with E-state index in [2.05, 4.69) is 106 Å². The van der Waals surface area contributed by atoms with E-state index in [9.17, 15) is 0 Å². The first-order chi connectivity index (χ1) is 19.4. The van der Waals surface area contributed by atoms with Gasteiger partial charge in [0.1, 0.15) is 0 Å². The molecule has 0 atom stereocenters. The third kappa shape index (κ3) is 17.2. The summed E-state index contributed by atoms with van der Waals surface area (Å²) in [7, 11) is 0. The Hall–Kier alpha value is -1.65. The van der Waals surface area contributed by atoms with Crippen LogP contribution in [0.15, 0.2) is 68.9 Å². The van der Waals surface area contributed by atoms with Crippen molar-refractivity contribution in [1.29, 1.82) is 0 Å². The first-order valence-corrected chi connectivity index (χ1v) is 17.0. The quantitative estimate of drug-likeness (QED) is 0.0670. The molecule has 0 fully saturated rings. The maximum atomic E-state index is 4.96. The average molecular weight is 676 g/mol. The summed E-state index contributed by atoms with van der Waals surface area (Å²) in [6, 6.07) is 16.8. The van der Waals surface area contributed by atoms with E-state index in [0.29, 0.717) is 8.75 Å². The Labute approximate surface area is 278 Å². The molecule has 0 saturated heterocycles. The molecule has 0 unspecified atom stereocenters. The minimum absolute atomic E-state index is 0. The third-order valence-corrected chi connectivity index (χ3v) is 7.56. The van der Waals surface area contributed by atoms with Gasteiger partial charge in [-0.25, -0.2) is 0 Å². The minimum atomic E-state index is 0. The van der Waals surface area contributed by atoms with Gasteiger partial charge in [-0.15, -0.1) is 23.5 Å². The van der Waals surface area contributed by atoms with Crippen LogP contribution in [0.2, 0.25) is 0 Å². The number of benzene rings is 2. The summed E-state index contributed by atoms with van der Waals surface area (Å²) in [6.45, 7) is 13.2. The van der Waals surface area contributed by atoms with Crippen molar-refractivity contribution in [3.8, 4) is 0 Å². The molecule has 11 heteroatoms. The number of rotatable bonds is 14. The Morgan fingerprint density at radius 2 is 0.902 bits per heavy atom. The Morgan fingerprint density at radius 1 is 0.610 bits per heavy atom. The zero-order valence-electron chi connectivity index (χ0n) is 25.1. The summed E-state index contributed by atoms with van der Waals surface area (Å²) in [5.41, 5.74) is 4.61.